The molecular weight excluding hydrogens is 612 g/mol. The number of hydrogen-bond donors (Lipinski definition) is 0. The van der Waals surface area contributed by atoms with E-state index in [0.717, 1.165) is 30.0 Å². The zero-order valence-corrected chi connectivity index (χ0v) is 28.2. The molecule has 2 atom stereocenters. The highest BCUT2D eigenvalue weighted by Crippen LogP contribution is 2.37. The molecule has 0 spiro atoms. The van der Waals surface area contributed by atoms with Crippen LogP contribution in [0.4, 0.5) is 20.3 Å². The Morgan fingerprint density at radius 2 is 1.92 bits per heavy atom. The maximum Gasteiger partial charge on any atom is 0.318 e. The van der Waals surface area contributed by atoms with Gasteiger partial charge in [0, 0.05) is 68.2 Å². The van der Waals surface area contributed by atoms with Crippen LogP contribution in [0.15, 0.2) is 49.1 Å². The summed E-state index contributed by atoms with van der Waals surface area (Å²) in [5, 5.41) is 2.43. The number of benzene rings is 2. The van der Waals surface area contributed by atoms with Crippen molar-refractivity contribution in [3.8, 4) is 6.01 Å². The van der Waals surface area contributed by atoms with E-state index >= 15 is 0 Å². The van der Waals surface area contributed by atoms with Crippen LogP contribution in [0.25, 0.3) is 15.6 Å². The van der Waals surface area contributed by atoms with Gasteiger partial charge in [0.2, 0.25) is 18.4 Å². The summed E-state index contributed by atoms with van der Waals surface area (Å²) in [6, 6.07) is 12.9. The van der Waals surface area contributed by atoms with Gasteiger partial charge >= 0.3 is 6.01 Å². The highest BCUT2D eigenvalue weighted by Gasteiger charge is 2.37. The van der Waals surface area contributed by atoms with E-state index in [1.807, 2.05) is 14.0 Å². The van der Waals surface area contributed by atoms with Crippen LogP contribution in [0.5, 0.6) is 6.01 Å². The Bertz CT molecular complexity index is 1690. The van der Waals surface area contributed by atoms with Crippen molar-refractivity contribution in [3.63, 3.8) is 0 Å². The Morgan fingerprint density at radius 1 is 1.17 bits per heavy atom. The highest BCUT2D eigenvalue weighted by molar-refractivity contribution is 5.97. The van der Waals surface area contributed by atoms with Crippen LogP contribution in [-0.2, 0) is 17.8 Å². The lowest BCUT2D eigenvalue weighted by molar-refractivity contribution is -0.128. The van der Waals surface area contributed by atoms with Crippen molar-refractivity contribution in [3.05, 3.63) is 77.3 Å². The molecule has 0 unspecified atom stereocenters. The molecule has 2 aromatic carbocycles. The van der Waals surface area contributed by atoms with E-state index in [0.29, 0.717) is 45.6 Å². The summed E-state index contributed by atoms with van der Waals surface area (Å²) in [6.07, 6.45) is 2.53. The van der Waals surface area contributed by atoms with E-state index in [-0.39, 0.29) is 49.5 Å². The molecule has 9 nitrogen and oxygen atoms in total. The van der Waals surface area contributed by atoms with Gasteiger partial charge in [-0.2, -0.15) is 9.97 Å². The predicted molar refractivity (Wildman–Crippen MR) is 185 cm³/mol. The molecule has 11 heteroatoms. The minimum atomic E-state index is -2.57. The molecule has 2 fully saturated rings. The zero-order chi connectivity index (χ0) is 34.0. The van der Waals surface area contributed by atoms with E-state index in [2.05, 4.69) is 69.4 Å². The number of ether oxygens (including phenoxy) is 1. The Labute approximate surface area is 282 Å². The third kappa shape index (κ3) is 7.09. The zero-order valence-electron chi connectivity index (χ0n) is 28.2. The van der Waals surface area contributed by atoms with E-state index < -0.39 is 5.92 Å². The van der Waals surface area contributed by atoms with Crippen LogP contribution in [0, 0.1) is 13.5 Å². The third-order valence-corrected chi connectivity index (χ3v) is 10.2. The molecule has 48 heavy (non-hydrogen) atoms. The standard InChI is InChI=1S/C37H45F2N7O2/c1-6-33(47)46-20-19-45(23-29(46)21-40-4)35-30-15-18-44(32-12-8-11-27-10-7-9-25(2)34(27)32)24-31(30)41-36(42-35)48-26(3)22-43(5)28-13-16-37(38,39)17-14-28/h6-12,26,28-29H,1,13-24H2,2-3,5H3/t26-,29-/m0/s1. The third-order valence-electron chi connectivity index (χ3n) is 10.2. The molecule has 3 heterocycles. The Balaban J connectivity index is 1.29. The predicted octanol–water partition coefficient (Wildman–Crippen LogP) is 5.90. The summed E-state index contributed by atoms with van der Waals surface area (Å²) in [4.78, 5) is 34.6. The van der Waals surface area contributed by atoms with Crippen LogP contribution >= 0.6 is 0 Å². The SMILES string of the molecule is [C-]#[N+]C[C@H]1CN(c2nc(O[C@@H](C)CN(C)C3CCC(F)(F)CC3)nc3c2CCN(c2cccc4cccc(C)c24)C3)CCN1C(=O)C=C. The first-order valence-corrected chi connectivity index (χ1v) is 17.0. The second-order valence-electron chi connectivity index (χ2n) is 13.5. The van der Waals surface area contributed by atoms with Crippen molar-refractivity contribution in [2.24, 2.45) is 0 Å². The molecule has 2 aliphatic heterocycles. The number of aryl methyl sites for hydroxylation is 1. The molecule has 0 radical (unpaired) electrons. The second-order valence-corrected chi connectivity index (χ2v) is 13.5. The maximum absolute atomic E-state index is 13.8. The van der Waals surface area contributed by atoms with Crippen LogP contribution in [0.1, 0.15) is 49.4 Å². The number of hydrogen-bond acceptors (Lipinski definition) is 7. The first kappa shape index (κ1) is 33.6. The van der Waals surface area contributed by atoms with Crippen molar-refractivity contribution in [2.75, 3.05) is 56.1 Å². The number of alkyl halides is 2. The summed E-state index contributed by atoms with van der Waals surface area (Å²) < 4.78 is 34.0. The Kier molecular flexibility index (Phi) is 9.83. The summed E-state index contributed by atoms with van der Waals surface area (Å²) >= 11 is 0. The molecule has 3 aliphatic rings. The summed E-state index contributed by atoms with van der Waals surface area (Å²) in [5.41, 5.74) is 4.35. The fourth-order valence-electron chi connectivity index (χ4n) is 7.63. The summed E-state index contributed by atoms with van der Waals surface area (Å²) in [6.45, 7) is 18.9. The molecule has 1 aromatic heterocycles. The van der Waals surface area contributed by atoms with Gasteiger partial charge in [0.15, 0.2) is 0 Å². The average Bonchev–Trinajstić information content (AvgIpc) is 3.07. The second kappa shape index (κ2) is 14.0. The fourth-order valence-corrected chi connectivity index (χ4v) is 7.63. The molecule has 0 bridgehead atoms. The minimum Gasteiger partial charge on any atom is -0.459 e. The van der Waals surface area contributed by atoms with Crippen LogP contribution in [-0.4, -0.2) is 96.1 Å². The lowest BCUT2D eigenvalue weighted by Gasteiger charge is -2.41. The molecule has 0 N–H and O–H groups in total. The van der Waals surface area contributed by atoms with Gasteiger partial charge in [-0.25, -0.2) is 15.4 Å². The van der Waals surface area contributed by atoms with E-state index in [1.165, 1.54) is 28.1 Å². The van der Waals surface area contributed by atoms with Crippen molar-refractivity contribution < 1.29 is 18.3 Å². The quantitative estimate of drug-likeness (QED) is 0.210. The van der Waals surface area contributed by atoms with Gasteiger partial charge < -0.3 is 24.3 Å². The molecule has 254 valence electrons. The minimum absolute atomic E-state index is 0.0819. The smallest absolute Gasteiger partial charge is 0.318 e. The van der Waals surface area contributed by atoms with Crippen molar-refractivity contribution in [1.29, 1.82) is 0 Å². The van der Waals surface area contributed by atoms with Crippen molar-refractivity contribution in [1.82, 2.24) is 19.8 Å². The average molecular weight is 658 g/mol. The number of piperazine rings is 1. The lowest BCUT2D eigenvalue weighted by atomic mass is 9.91. The van der Waals surface area contributed by atoms with Crippen LogP contribution < -0.4 is 14.5 Å². The topological polar surface area (TPSA) is 69.4 Å². The van der Waals surface area contributed by atoms with Gasteiger partial charge in [0.25, 0.3) is 0 Å². The molecular formula is C37H45F2N7O2. The number of anilines is 2. The lowest BCUT2D eigenvalue weighted by Crippen LogP contribution is -2.56. The summed E-state index contributed by atoms with van der Waals surface area (Å²) in [7, 11) is 1.97. The van der Waals surface area contributed by atoms with Gasteiger partial charge in [-0.3, -0.25) is 9.69 Å². The molecule has 1 saturated heterocycles. The van der Waals surface area contributed by atoms with Gasteiger partial charge in [-0.15, -0.1) is 0 Å². The number of likely N-dealkylation sites (N-methyl/N-ethyl adjacent to an activating group) is 1. The molecule has 1 aliphatic carbocycles. The number of fused-ring (bicyclic) bond motifs is 2. The van der Waals surface area contributed by atoms with Crippen molar-refractivity contribution >= 4 is 28.2 Å². The molecule has 1 amide bonds. The van der Waals surface area contributed by atoms with Gasteiger partial charge in [0.05, 0.1) is 12.2 Å². The van der Waals surface area contributed by atoms with E-state index in [1.54, 1.807) is 4.90 Å². The number of carbonyl (C=O) groups is 1. The molecule has 3 aromatic rings. The number of aromatic nitrogens is 2. The summed E-state index contributed by atoms with van der Waals surface area (Å²) in [5.74, 6) is -1.94. The molecule has 6 rings (SSSR count). The van der Waals surface area contributed by atoms with Gasteiger partial charge in [-0.05, 0) is 63.2 Å². The monoisotopic (exact) mass is 657 g/mol. The number of halogens is 2. The normalized spacial score (nSPS) is 20.4. The molecule has 1 saturated carbocycles. The number of nitrogens with zero attached hydrogens (tertiary/aromatic N) is 7. The first-order chi connectivity index (χ1) is 23.1. The van der Waals surface area contributed by atoms with Crippen molar-refractivity contribution in [2.45, 2.75) is 76.6 Å². The number of amides is 1. The maximum atomic E-state index is 13.8. The van der Waals surface area contributed by atoms with E-state index in [4.69, 9.17) is 21.3 Å². The Hall–Kier alpha value is -4.30. The van der Waals surface area contributed by atoms with Gasteiger partial charge in [0.1, 0.15) is 18.0 Å². The van der Waals surface area contributed by atoms with Crippen LogP contribution in [0.2, 0.25) is 0 Å². The number of carbonyl (C=O) groups excluding carboxylic acids is 1. The highest BCUT2D eigenvalue weighted by atomic mass is 19.3. The fraction of sp³-hybridized carbons (Fsp3) is 0.514. The Morgan fingerprint density at radius 3 is 2.65 bits per heavy atom. The first-order valence-electron chi connectivity index (χ1n) is 17.0. The van der Waals surface area contributed by atoms with Gasteiger partial charge in [-0.1, -0.05) is 36.9 Å². The largest absolute Gasteiger partial charge is 0.459 e. The van der Waals surface area contributed by atoms with Crippen LogP contribution in [0.3, 0.4) is 0 Å². The van der Waals surface area contributed by atoms with E-state index in [9.17, 15) is 13.6 Å². The number of rotatable bonds is 9.